The maximum atomic E-state index is 13.1. The summed E-state index contributed by atoms with van der Waals surface area (Å²) in [7, 11) is -9.97. The largest absolute Gasteiger partial charge is 0.472 e. The first-order chi connectivity index (χ1) is 49.7. The minimum atomic E-state index is -4.99. The van der Waals surface area contributed by atoms with Crippen LogP contribution < -0.4 is 0 Å². The van der Waals surface area contributed by atoms with Crippen LogP contribution in [0, 0.1) is 0 Å². The Morgan fingerprint density at radius 1 is 0.275 bits per heavy atom. The van der Waals surface area contributed by atoms with Gasteiger partial charge in [0.2, 0.25) is 0 Å². The smallest absolute Gasteiger partial charge is 0.462 e. The summed E-state index contributed by atoms with van der Waals surface area (Å²) in [6.07, 6.45) is 78.4. The Kier molecular flexibility index (Phi) is 72.7. The van der Waals surface area contributed by atoms with Gasteiger partial charge in [0.15, 0.2) is 12.2 Å². The highest BCUT2D eigenvalue weighted by atomic mass is 31.2. The van der Waals surface area contributed by atoms with Crippen LogP contribution in [-0.4, -0.2) is 96.7 Å². The summed E-state index contributed by atoms with van der Waals surface area (Å²) in [5.74, 6) is -2.24. The van der Waals surface area contributed by atoms with Gasteiger partial charge < -0.3 is 33.8 Å². The second-order valence-corrected chi connectivity index (χ2v) is 30.3. The summed E-state index contributed by atoms with van der Waals surface area (Å²) < 4.78 is 68.6. The summed E-state index contributed by atoms with van der Waals surface area (Å²) in [4.78, 5) is 73.0. The van der Waals surface area contributed by atoms with Crippen LogP contribution in [0.3, 0.4) is 0 Å². The zero-order valence-electron chi connectivity index (χ0n) is 64.8. The van der Waals surface area contributed by atoms with Crippen molar-refractivity contribution < 1.29 is 80.2 Å². The predicted molar refractivity (Wildman–Crippen MR) is 418 cm³/mol. The lowest BCUT2D eigenvalue weighted by Gasteiger charge is -2.21. The molecule has 2 unspecified atom stereocenters. The Morgan fingerprint density at radius 2 is 0.490 bits per heavy atom. The molecule has 0 aliphatic rings. The van der Waals surface area contributed by atoms with Crippen molar-refractivity contribution >= 4 is 39.5 Å². The van der Waals surface area contributed by atoms with Gasteiger partial charge in [-0.15, -0.1) is 0 Å². The number of aliphatic hydroxyl groups is 1. The standard InChI is InChI=1S/C83H148O17P2/c1-5-9-13-17-21-25-29-33-37-38-42-46-50-54-58-62-66-70-83(88)100-79(74-94-81(86)68-64-60-56-52-48-44-40-35-31-27-23-19-15-11-7-3)76-98-102(91,92)96-72-77(84)71-95-101(89,90)97-75-78(99-82(87)69-65-61-57-53-49-45-41-36-32-28-24-20-16-12-8-4)73-93-80(85)67-63-59-55-51-47-43-39-34-30-26-22-18-14-10-6-2/h21,25,27-28,31-34,37,39,42,46,54,58,77-79,84H,5-20,22-24,26,29-30,35-36,38,40-41,43-45,47-53,55-57,59-76H2,1-4H3,(H,89,90)(H,91,92)/b25-21-,31-27-,32-28-,37-33-,39-34-,46-42-,58-54-/t77-,78-,79-/m1/s1. The molecule has 0 aromatic rings. The van der Waals surface area contributed by atoms with E-state index in [-0.39, 0.29) is 25.7 Å². The SMILES string of the molecule is CCCCC/C=C\C/C=C\C/C=C\C/C=C\CCCC(=O)O[C@H](COC(=O)CCCCCCCCC/C=C\CCCCCC)COP(=O)(O)OC[C@H](O)COP(=O)(O)OC[C@@H](COC(=O)CCCCCCC/C=C\CCCCCCCC)OC(=O)CCCCCCCCC/C=C\CCCCCC. The Hall–Kier alpha value is -3.76. The first-order valence-corrected chi connectivity index (χ1v) is 43.8. The average molecular weight is 1480 g/mol. The van der Waals surface area contributed by atoms with Gasteiger partial charge in [0.1, 0.15) is 19.3 Å². The van der Waals surface area contributed by atoms with Crippen LogP contribution in [0.2, 0.25) is 0 Å². The van der Waals surface area contributed by atoms with Gasteiger partial charge in [-0.3, -0.25) is 37.3 Å². The van der Waals surface area contributed by atoms with Crippen LogP contribution in [0.4, 0.5) is 0 Å². The van der Waals surface area contributed by atoms with Crippen LogP contribution in [0.25, 0.3) is 0 Å². The molecule has 3 N–H and O–H groups in total. The van der Waals surface area contributed by atoms with Gasteiger partial charge in [-0.2, -0.15) is 0 Å². The number of rotatable bonds is 77. The molecule has 0 heterocycles. The number of carbonyl (C=O) groups excluding carboxylic acids is 4. The molecule has 0 spiro atoms. The van der Waals surface area contributed by atoms with Crippen molar-refractivity contribution in [1.29, 1.82) is 0 Å². The highest BCUT2D eigenvalue weighted by Crippen LogP contribution is 2.45. The summed E-state index contributed by atoms with van der Waals surface area (Å²) in [6.45, 7) is 4.79. The van der Waals surface area contributed by atoms with E-state index in [2.05, 4.69) is 101 Å². The molecule has 19 heteroatoms. The third kappa shape index (κ3) is 74.5. The number of unbranched alkanes of at least 4 members (excludes halogenated alkanes) is 37. The van der Waals surface area contributed by atoms with Crippen LogP contribution in [0.15, 0.2) is 85.1 Å². The van der Waals surface area contributed by atoms with E-state index in [4.69, 9.17) is 37.0 Å². The summed E-state index contributed by atoms with van der Waals surface area (Å²) in [5, 5.41) is 10.6. The van der Waals surface area contributed by atoms with E-state index < -0.39 is 97.5 Å². The first-order valence-electron chi connectivity index (χ1n) is 40.8. The average Bonchev–Trinajstić information content (AvgIpc) is 0.917. The van der Waals surface area contributed by atoms with Crippen molar-refractivity contribution in [3.8, 4) is 0 Å². The second kappa shape index (κ2) is 75.5. The topological polar surface area (TPSA) is 237 Å². The maximum Gasteiger partial charge on any atom is 0.472 e. The lowest BCUT2D eigenvalue weighted by Crippen LogP contribution is -2.30. The number of aliphatic hydroxyl groups excluding tert-OH is 1. The van der Waals surface area contributed by atoms with Crippen LogP contribution in [0.5, 0.6) is 0 Å². The Bertz CT molecular complexity index is 2260. The zero-order chi connectivity index (χ0) is 74.6. The summed E-state index contributed by atoms with van der Waals surface area (Å²) in [5.41, 5.74) is 0. The van der Waals surface area contributed by atoms with Crippen molar-refractivity contribution in [2.45, 2.75) is 380 Å². The normalized spacial score (nSPS) is 14.3. The monoisotopic (exact) mass is 1480 g/mol. The molecule has 0 aliphatic heterocycles. The quantitative estimate of drug-likeness (QED) is 0.0169. The molecule has 0 bridgehead atoms. The number of carbonyl (C=O) groups is 4. The molecule has 0 saturated heterocycles. The van der Waals surface area contributed by atoms with Gasteiger partial charge in [-0.05, 0) is 141 Å². The van der Waals surface area contributed by atoms with Gasteiger partial charge in [0.25, 0.3) is 0 Å². The zero-order valence-corrected chi connectivity index (χ0v) is 66.6. The Morgan fingerprint density at radius 3 is 0.814 bits per heavy atom. The second-order valence-electron chi connectivity index (χ2n) is 27.3. The molecule has 0 aromatic carbocycles. The van der Waals surface area contributed by atoms with Gasteiger partial charge in [0.05, 0.1) is 26.4 Å². The first kappa shape index (κ1) is 98.2. The molecule has 0 aliphatic carbocycles. The fourth-order valence-corrected chi connectivity index (χ4v) is 12.6. The summed E-state index contributed by atoms with van der Waals surface area (Å²) in [6, 6.07) is 0. The van der Waals surface area contributed by atoms with Crippen molar-refractivity contribution in [2.75, 3.05) is 39.6 Å². The molecule has 5 atom stereocenters. The van der Waals surface area contributed by atoms with Gasteiger partial charge >= 0.3 is 39.5 Å². The number of hydrogen-bond acceptors (Lipinski definition) is 15. The Labute approximate surface area is 621 Å². The number of allylic oxidation sites excluding steroid dienone is 14. The molecular formula is C83H148O17P2. The van der Waals surface area contributed by atoms with E-state index >= 15 is 0 Å². The molecule has 0 fully saturated rings. The van der Waals surface area contributed by atoms with Gasteiger partial charge in [-0.1, -0.05) is 280 Å². The van der Waals surface area contributed by atoms with Crippen molar-refractivity contribution in [1.82, 2.24) is 0 Å². The van der Waals surface area contributed by atoms with Crippen LogP contribution in [0.1, 0.15) is 362 Å². The number of esters is 4. The van der Waals surface area contributed by atoms with Crippen molar-refractivity contribution in [2.24, 2.45) is 0 Å². The third-order valence-electron chi connectivity index (χ3n) is 17.3. The third-order valence-corrected chi connectivity index (χ3v) is 19.2. The van der Waals surface area contributed by atoms with E-state index in [1.807, 2.05) is 12.2 Å². The molecule has 0 saturated carbocycles. The predicted octanol–water partition coefficient (Wildman–Crippen LogP) is 23.8. The summed E-state index contributed by atoms with van der Waals surface area (Å²) >= 11 is 0. The van der Waals surface area contributed by atoms with E-state index in [1.54, 1.807) is 0 Å². The van der Waals surface area contributed by atoms with Crippen LogP contribution >= 0.6 is 15.6 Å². The van der Waals surface area contributed by atoms with Crippen molar-refractivity contribution in [3.05, 3.63) is 85.1 Å². The number of hydrogen-bond donors (Lipinski definition) is 3. The van der Waals surface area contributed by atoms with E-state index in [9.17, 15) is 43.2 Å². The molecular weight excluding hydrogens is 1330 g/mol. The fraction of sp³-hybridized carbons (Fsp3) is 0.783. The van der Waals surface area contributed by atoms with E-state index in [0.29, 0.717) is 32.1 Å². The molecule has 0 radical (unpaired) electrons. The number of ether oxygens (including phenoxy) is 4. The molecule has 17 nitrogen and oxygen atoms in total. The van der Waals surface area contributed by atoms with Crippen LogP contribution in [-0.2, 0) is 65.4 Å². The van der Waals surface area contributed by atoms with Crippen molar-refractivity contribution in [3.63, 3.8) is 0 Å². The molecule has 102 heavy (non-hydrogen) atoms. The molecule has 0 rings (SSSR count). The van der Waals surface area contributed by atoms with E-state index in [0.717, 1.165) is 154 Å². The fourth-order valence-electron chi connectivity index (χ4n) is 11.0. The number of phosphoric ester groups is 2. The lowest BCUT2D eigenvalue weighted by molar-refractivity contribution is -0.161. The highest BCUT2D eigenvalue weighted by molar-refractivity contribution is 7.47. The van der Waals surface area contributed by atoms with Gasteiger partial charge in [-0.25, -0.2) is 9.13 Å². The highest BCUT2D eigenvalue weighted by Gasteiger charge is 2.30. The molecule has 0 aromatic heterocycles. The number of phosphoric acid groups is 2. The minimum Gasteiger partial charge on any atom is -0.462 e. The maximum absolute atomic E-state index is 13.1. The Balaban J connectivity index is 5.40. The lowest BCUT2D eigenvalue weighted by atomic mass is 10.1. The minimum absolute atomic E-state index is 0.0199. The molecule has 592 valence electrons. The van der Waals surface area contributed by atoms with Gasteiger partial charge in [0, 0.05) is 25.7 Å². The molecule has 0 amide bonds. The van der Waals surface area contributed by atoms with E-state index in [1.165, 1.54) is 122 Å².